The molecule has 3 nitrogen and oxygen atoms in total. The van der Waals surface area contributed by atoms with Crippen molar-refractivity contribution in [3.63, 3.8) is 0 Å². The molecule has 3 heteroatoms. The van der Waals surface area contributed by atoms with E-state index in [2.05, 4.69) is 20.8 Å². The Labute approximate surface area is 117 Å². The number of carbonyl (C=O) groups excluding carboxylic acids is 1. The van der Waals surface area contributed by atoms with Crippen molar-refractivity contribution in [2.45, 2.75) is 77.4 Å². The molecule has 0 radical (unpaired) electrons. The molecule has 1 saturated heterocycles. The van der Waals surface area contributed by atoms with E-state index in [1.807, 2.05) is 0 Å². The second-order valence-electron chi connectivity index (χ2n) is 7.77. The molecule has 0 aromatic heterocycles. The van der Waals surface area contributed by atoms with Gasteiger partial charge in [-0.2, -0.15) is 0 Å². The van der Waals surface area contributed by atoms with Gasteiger partial charge in [-0.1, -0.05) is 20.8 Å². The van der Waals surface area contributed by atoms with Crippen molar-refractivity contribution in [2.75, 3.05) is 6.61 Å². The van der Waals surface area contributed by atoms with Crippen LogP contribution in [0.25, 0.3) is 0 Å². The van der Waals surface area contributed by atoms with Gasteiger partial charge in [0.2, 0.25) is 0 Å². The fraction of sp³-hybridized carbons (Fsp3) is 0.938. The first-order valence-corrected chi connectivity index (χ1v) is 7.72. The Balaban J connectivity index is 1.82. The molecule has 2 unspecified atom stereocenters. The van der Waals surface area contributed by atoms with Gasteiger partial charge in [-0.3, -0.25) is 4.79 Å². The van der Waals surface area contributed by atoms with Crippen LogP contribution in [-0.4, -0.2) is 24.0 Å². The maximum atomic E-state index is 12.4. The lowest BCUT2D eigenvalue weighted by atomic mass is 9.70. The van der Waals surface area contributed by atoms with E-state index >= 15 is 0 Å². The van der Waals surface area contributed by atoms with Gasteiger partial charge in [-0.05, 0) is 43.9 Å². The third kappa shape index (κ3) is 4.03. The normalized spacial score (nSPS) is 27.9. The van der Waals surface area contributed by atoms with Crippen LogP contribution in [0.15, 0.2) is 0 Å². The third-order valence-corrected chi connectivity index (χ3v) is 4.55. The summed E-state index contributed by atoms with van der Waals surface area (Å²) >= 11 is 0. The number of hydrogen-bond acceptors (Lipinski definition) is 3. The average molecular weight is 267 g/mol. The molecule has 1 spiro atoms. The largest absolute Gasteiger partial charge is 0.375 e. The van der Waals surface area contributed by atoms with Crippen molar-refractivity contribution in [1.29, 1.82) is 0 Å². The Hall–Kier alpha value is -0.410. The summed E-state index contributed by atoms with van der Waals surface area (Å²) in [5, 5.41) is 0. The van der Waals surface area contributed by atoms with Gasteiger partial charge in [0.1, 0.15) is 5.78 Å². The first-order chi connectivity index (χ1) is 8.80. The molecule has 1 aliphatic heterocycles. The lowest BCUT2D eigenvalue weighted by molar-refractivity contribution is -0.155. The predicted octanol–water partition coefficient (Wildman–Crippen LogP) is 3.06. The Morgan fingerprint density at radius 1 is 1.42 bits per heavy atom. The van der Waals surface area contributed by atoms with Crippen LogP contribution >= 0.6 is 0 Å². The van der Waals surface area contributed by atoms with Gasteiger partial charge in [0.25, 0.3) is 0 Å². The first-order valence-electron chi connectivity index (χ1n) is 7.72. The first kappa shape index (κ1) is 15.0. The van der Waals surface area contributed by atoms with Gasteiger partial charge in [0, 0.05) is 25.0 Å². The van der Waals surface area contributed by atoms with E-state index in [0.717, 1.165) is 38.7 Å². The minimum absolute atomic E-state index is 0.00712. The molecule has 110 valence electrons. The quantitative estimate of drug-likeness (QED) is 0.851. The molecule has 1 saturated carbocycles. The standard InChI is InChI=1S/C16H29NO2/c1-15(2,3)11-13(17)9-14(18)12-5-8-19-16(10-12)6-4-7-16/h12-13H,4-11,17H2,1-3H3. The second kappa shape index (κ2) is 5.53. The van der Waals surface area contributed by atoms with Crippen LogP contribution in [0.5, 0.6) is 0 Å². The molecule has 0 aromatic rings. The van der Waals surface area contributed by atoms with Crippen molar-refractivity contribution >= 4 is 5.78 Å². The number of carbonyl (C=O) groups is 1. The molecule has 0 aromatic carbocycles. The van der Waals surface area contributed by atoms with Crippen LogP contribution in [-0.2, 0) is 9.53 Å². The third-order valence-electron chi connectivity index (χ3n) is 4.55. The van der Waals surface area contributed by atoms with Gasteiger partial charge < -0.3 is 10.5 Å². The highest BCUT2D eigenvalue weighted by molar-refractivity contribution is 5.81. The van der Waals surface area contributed by atoms with E-state index in [0.29, 0.717) is 12.2 Å². The lowest BCUT2D eigenvalue weighted by Crippen LogP contribution is -2.47. The van der Waals surface area contributed by atoms with Crippen LogP contribution < -0.4 is 5.73 Å². The van der Waals surface area contributed by atoms with Gasteiger partial charge in [-0.25, -0.2) is 0 Å². The summed E-state index contributed by atoms with van der Waals surface area (Å²) in [5.74, 6) is 0.561. The Bertz CT molecular complexity index is 328. The summed E-state index contributed by atoms with van der Waals surface area (Å²) in [6.07, 6.45) is 6.82. The van der Waals surface area contributed by atoms with E-state index in [4.69, 9.17) is 10.5 Å². The molecule has 19 heavy (non-hydrogen) atoms. The molecule has 1 heterocycles. The Morgan fingerprint density at radius 2 is 2.11 bits per heavy atom. The molecule has 1 aliphatic carbocycles. The summed E-state index contributed by atoms with van der Waals surface area (Å²) < 4.78 is 5.88. The smallest absolute Gasteiger partial charge is 0.137 e. The molecular weight excluding hydrogens is 238 g/mol. The Kier molecular flexibility index (Phi) is 4.36. The van der Waals surface area contributed by atoms with Crippen LogP contribution in [0.2, 0.25) is 0 Å². The van der Waals surface area contributed by atoms with Crippen molar-refractivity contribution in [2.24, 2.45) is 17.1 Å². The molecule has 2 rings (SSSR count). The number of Topliss-reactive ketones (excluding diaryl/α,β-unsaturated/α-hetero) is 1. The molecule has 2 aliphatic rings. The zero-order valence-electron chi connectivity index (χ0n) is 12.7. The number of hydrogen-bond donors (Lipinski definition) is 1. The average Bonchev–Trinajstić information content (AvgIpc) is 2.24. The fourth-order valence-electron chi connectivity index (χ4n) is 3.51. The highest BCUT2D eigenvalue weighted by Crippen LogP contribution is 2.44. The fourth-order valence-corrected chi connectivity index (χ4v) is 3.51. The zero-order valence-corrected chi connectivity index (χ0v) is 12.7. The molecule has 2 atom stereocenters. The van der Waals surface area contributed by atoms with Gasteiger partial charge in [0.15, 0.2) is 0 Å². The maximum Gasteiger partial charge on any atom is 0.137 e. The van der Waals surface area contributed by atoms with Gasteiger partial charge in [0.05, 0.1) is 5.60 Å². The number of ketones is 1. The van der Waals surface area contributed by atoms with E-state index in [9.17, 15) is 4.79 Å². The summed E-state index contributed by atoms with van der Waals surface area (Å²) in [6, 6.07) is 0.00712. The monoisotopic (exact) mass is 267 g/mol. The van der Waals surface area contributed by atoms with Gasteiger partial charge in [-0.15, -0.1) is 0 Å². The summed E-state index contributed by atoms with van der Waals surface area (Å²) in [5.41, 5.74) is 6.39. The second-order valence-corrected chi connectivity index (χ2v) is 7.77. The van der Waals surface area contributed by atoms with E-state index in [-0.39, 0.29) is 23.0 Å². The minimum atomic E-state index is 0.00712. The van der Waals surface area contributed by atoms with Crippen molar-refractivity contribution in [1.82, 2.24) is 0 Å². The van der Waals surface area contributed by atoms with E-state index in [1.165, 1.54) is 6.42 Å². The highest BCUT2D eigenvalue weighted by atomic mass is 16.5. The minimum Gasteiger partial charge on any atom is -0.375 e. The van der Waals surface area contributed by atoms with E-state index in [1.54, 1.807) is 0 Å². The lowest BCUT2D eigenvalue weighted by Gasteiger charge is -2.47. The zero-order chi connectivity index (χ0) is 14.1. The summed E-state index contributed by atoms with van der Waals surface area (Å²) in [6.45, 7) is 7.28. The predicted molar refractivity (Wildman–Crippen MR) is 76.9 cm³/mol. The van der Waals surface area contributed by atoms with Crippen LogP contribution in [0, 0.1) is 11.3 Å². The number of rotatable bonds is 4. The van der Waals surface area contributed by atoms with Crippen LogP contribution in [0.1, 0.15) is 65.7 Å². The maximum absolute atomic E-state index is 12.4. The molecule has 0 amide bonds. The van der Waals surface area contributed by atoms with Crippen molar-refractivity contribution < 1.29 is 9.53 Å². The number of nitrogens with two attached hydrogens (primary N) is 1. The summed E-state index contributed by atoms with van der Waals surface area (Å²) in [4.78, 5) is 12.4. The molecule has 0 bridgehead atoms. The summed E-state index contributed by atoms with van der Waals surface area (Å²) in [7, 11) is 0. The van der Waals surface area contributed by atoms with E-state index < -0.39 is 0 Å². The highest BCUT2D eigenvalue weighted by Gasteiger charge is 2.44. The topological polar surface area (TPSA) is 52.3 Å². The van der Waals surface area contributed by atoms with Gasteiger partial charge >= 0.3 is 0 Å². The Morgan fingerprint density at radius 3 is 2.63 bits per heavy atom. The van der Waals surface area contributed by atoms with Crippen LogP contribution in [0.3, 0.4) is 0 Å². The number of ether oxygens (including phenoxy) is 1. The molecule has 2 fully saturated rings. The molecule has 2 N–H and O–H groups in total. The van der Waals surface area contributed by atoms with Crippen LogP contribution in [0.4, 0.5) is 0 Å². The SMILES string of the molecule is CC(C)(C)CC(N)CC(=O)C1CCOC2(CCC2)C1. The van der Waals surface area contributed by atoms with Crippen molar-refractivity contribution in [3.8, 4) is 0 Å². The molecular formula is C16H29NO2. The van der Waals surface area contributed by atoms with Crippen molar-refractivity contribution in [3.05, 3.63) is 0 Å².